The average molecular weight is 292 g/mol. The second-order valence-corrected chi connectivity index (χ2v) is 4.56. The Morgan fingerprint density at radius 1 is 1.20 bits per heavy atom. The third kappa shape index (κ3) is 3.22. The van der Waals surface area contributed by atoms with Crippen molar-refractivity contribution in [2.75, 3.05) is 12.8 Å². The van der Waals surface area contributed by atoms with E-state index in [-0.39, 0.29) is 5.69 Å². The Kier molecular flexibility index (Phi) is 4.48. The summed E-state index contributed by atoms with van der Waals surface area (Å²) in [7, 11) is 1.31. The number of carbonyl (C=O) groups is 1. The summed E-state index contributed by atoms with van der Waals surface area (Å²) < 4.78 is 10.3. The first kappa shape index (κ1) is 14.2. The summed E-state index contributed by atoms with van der Waals surface area (Å²) in [5.41, 5.74) is 7.42. The fraction of sp³-hybridized carbons (Fsp3) is 0.133. The molecule has 20 heavy (non-hydrogen) atoms. The van der Waals surface area contributed by atoms with Crippen LogP contribution in [0.2, 0.25) is 5.02 Å². The van der Waals surface area contributed by atoms with Gasteiger partial charge >= 0.3 is 5.97 Å². The maximum atomic E-state index is 11.5. The molecule has 0 saturated heterocycles. The van der Waals surface area contributed by atoms with Gasteiger partial charge in [0.05, 0.1) is 18.4 Å². The Bertz CT molecular complexity index is 611. The number of hydrogen-bond donors (Lipinski definition) is 1. The van der Waals surface area contributed by atoms with E-state index in [1.165, 1.54) is 7.11 Å². The number of nitrogen functional groups attached to an aromatic ring is 1. The lowest BCUT2D eigenvalue weighted by Crippen LogP contribution is -2.07. The zero-order valence-corrected chi connectivity index (χ0v) is 11.7. The van der Waals surface area contributed by atoms with E-state index in [1.54, 1.807) is 30.3 Å². The van der Waals surface area contributed by atoms with E-state index < -0.39 is 5.97 Å². The van der Waals surface area contributed by atoms with Crippen LogP contribution in [0.15, 0.2) is 42.5 Å². The van der Waals surface area contributed by atoms with Gasteiger partial charge in [-0.05, 0) is 29.8 Å². The molecule has 0 aliphatic rings. The quantitative estimate of drug-likeness (QED) is 0.693. The van der Waals surface area contributed by atoms with Crippen LogP contribution in [0.1, 0.15) is 15.9 Å². The van der Waals surface area contributed by atoms with Gasteiger partial charge in [-0.3, -0.25) is 0 Å². The van der Waals surface area contributed by atoms with Crippen molar-refractivity contribution in [2.24, 2.45) is 0 Å². The van der Waals surface area contributed by atoms with Crippen LogP contribution in [-0.2, 0) is 11.3 Å². The first-order valence-electron chi connectivity index (χ1n) is 5.96. The number of nitrogens with two attached hydrogens (primary N) is 1. The van der Waals surface area contributed by atoms with Gasteiger partial charge in [0.15, 0.2) is 0 Å². The van der Waals surface area contributed by atoms with Crippen molar-refractivity contribution in [1.82, 2.24) is 0 Å². The predicted molar refractivity (Wildman–Crippen MR) is 78.0 cm³/mol. The zero-order valence-electron chi connectivity index (χ0n) is 10.9. The van der Waals surface area contributed by atoms with Gasteiger partial charge in [0.1, 0.15) is 12.4 Å². The highest BCUT2D eigenvalue weighted by Gasteiger charge is 2.13. The Morgan fingerprint density at radius 3 is 2.55 bits per heavy atom. The van der Waals surface area contributed by atoms with Crippen LogP contribution in [0.5, 0.6) is 5.75 Å². The predicted octanol–water partition coefficient (Wildman–Crippen LogP) is 3.29. The number of carbonyl (C=O) groups excluding carboxylic acids is 1. The van der Waals surface area contributed by atoms with Crippen molar-refractivity contribution >= 4 is 23.3 Å². The van der Waals surface area contributed by atoms with E-state index in [0.29, 0.717) is 22.9 Å². The summed E-state index contributed by atoms with van der Waals surface area (Å²) in [5.74, 6) is -0.0395. The highest BCUT2D eigenvalue weighted by atomic mass is 35.5. The Labute approximate surface area is 122 Å². The largest absolute Gasteiger partial charge is 0.487 e. The van der Waals surface area contributed by atoms with E-state index in [1.807, 2.05) is 12.1 Å². The smallest absolute Gasteiger partial charge is 0.340 e. The fourth-order valence-electron chi connectivity index (χ4n) is 1.70. The van der Waals surface area contributed by atoms with Gasteiger partial charge < -0.3 is 15.2 Å². The zero-order chi connectivity index (χ0) is 14.5. The lowest BCUT2D eigenvalue weighted by Gasteiger charge is -2.11. The molecule has 0 bridgehead atoms. The maximum absolute atomic E-state index is 11.5. The summed E-state index contributed by atoms with van der Waals surface area (Å²) in [6, 6.07) is 12.3. The van der Waals surface area contributed by atoms with Gasteiger partial charge in [0.25, 0.3) is 0 Å². The van der Waals surface area contributed by atoms with Crippen LogP contribution in [0.3, 0.4) is 0 Å². The highest BCUT2D eigenvalue weighted by Crippen LogP contribution is 2.26. The molecule has 2 aromatic rings. The number of hydrogen-bond acceptors (Lipinski definition) is 4. The lowest BCUT2D eigenvalue weighted by molar-refractivity contribution is 0.0601. The molecule has 0 heterocycles. The number of anilines is 1. The average Bonchev–Trinajstić information content (AvgIpc) is 2.47. The lowest BCUT2D eigenvalue weighted by atomic mass is 10.1. The monoisotopic (exact) mass is 291 g/mol. The number of ether oxygens (including phenoxy) is 2. The minimum atomic E-state index is -0.487. The van der Waals surface area contributed by atoms with Crippen molar-refractivity contribution < 1.29 is 14.3 Å². The summed E-state index contributed by atoms with van der Waals surface area (Å²) in [6.45, 7) is 0.339. The molecule has 2 aromatic carbocycles. The number of methoxy groups -OCH3 is 1. The molecule has 0 aliphatic heterocycles. The number of halogens is 1. The Morgan fingerprint density at radius 2 is 1.90 bits per heavy atom. The summed E-state index contributed by atoms with van der Waals surface area (Å²) in [4.78, 5) is 11.5. The van der Waals surface area contributed by atoms with Gasteiger partial charge in [-0.1, -0.05) is 29.8 Å². The van der Waals surface area contributed by atoms with E-state index in [0.717, 1.165) is 5.56 Å². The van der Waals surface area contributed by atoms with Crippen molar-refractivity contribution in [3.8, 4) is 5.75 Å². The minimum Gasteiger partial charge on any atom is -0.487 e. The van der Waals surface area contributed by atoms with Crippen LogP contribution in [0.25, 0.3) is 0 Å². The molecule has 0 fully saturated rings. The molecule has 0 unspecified atom stereocenters. The summed E-state index contributed by atoms with van der Waals surface area (Å²) in [5, 5.41) is 0.668. The molecule has 2 rings (SSSR count). The molecule has 0 amide bonds. The van der Waals surface area contributed by atoms with E-state index in [9.17, 15) is 4.79 Å². The van der Waals surface area contributed by atoms with Crippen LogP contribution < -0.4 is 10.5 Å². The molecule has 5 heteroatoms. The van der Waals surface area contributed by atoms with Crippen molar-refractivity contribution in [3.63, 3.8) is 0 Å². The molecule has 0 aromatic heterocycles. The summed E-state index contributed by atoms with van der Waals surface area (Å²) >= 11 is 5.81. The fourth-order valence-corrected chi connectivity index (χ4v) is 1.83. The van der Waals surface area contributed by atoms with Crippen molar-refractivity contribution in [2.45, 2.75) is 6.61 Å². The number of rotatable bonds is 4. The molecule has 0 spiro atoms. The van der Waals surface area contributed by atoms with Crippen LogP contribution in [0.4, 0.5) is 5.69 Å². The van der Waals surface area contributed by atoms with Gasteiger partial charge in [-0.2, -0.15) is 0 Å². The van der Waals surface area contributed by atoms with Gasteiger partial charge in [-0.15, -0.1) is 0 Å². The molecule has 2 N–H and O–H groups in total. The van der Waals surface area contributed by atoms with Crippen LogP contribution in [0, 0.1) is 0 Å². The number of para-hydroxylation sites is 1. The second kappa shape index (κ2) is 6.30. The minimum absolute atomic E-state index is 0.272. The molecule has 0 atom stereocenters. The molecule has 0 aliphatic carbocycles. The Balaban J connectivity index is 2.13. The molecule has 0 radical (unpaired) electrons. The van der Waals surface area contributed by atoms with Crippen molar-refractivity contribution in [1.29, 1.82) is 0 Å². The van der Waals surface area contributed by atoms with Gasteiger partial charge in [0, 0.05) is 5.02 Å². The number of esters is 1. The van der Waals surface area contributed by atoms with Gasteiger partial charge in [-0.25, -0.2) is 4.79 Å². The SMILES string of the molecule is COC(=O)c1cccc(OCc2ccc(Cl)cc2)c1N. The van der Waals surface area contributed by atoms with E-state index in [2.05, 4.69) is 4.74 Å². The first-order valence-corrected chi connectivity index (χ1v) is 6.33. The first-order chi connectivity index (χ1) is 9.61. The normalized spacial score (nSPS) is 10.1. The Hall–Kier alpha value is -2.20. The van der Waals surface area contributed by atoms with Crippen LogP contribution >= 0.6 is 11.6 Å². The third-order valence-corrected chi connectivity index (χ3v) is 3.03. The van der Waals surface area contributed by atoms with E-state index >= 15 is 0 Å². The molecule has 0 saturated carbocycles. The topological polar surface area (TPSA) is 61.5 Å². The maximum Gasteiger partial charge on any atom is 0.340 e. The van der Waals surface area contributed by atoms with E-state index in [4.69, 9.17) is 22.1 Å². The van der Waals surface area contributed by atoms with Crippen LogP contribution in [-0.4, -0.2) is 13.1 Å². The molecule has 104 valence electrons. The molecular weight excluding hydrogens is 278 g/mol. The summed E-state index contributed by atoms with van der Waals surface area (Å²) in [6.07, 6.45) is 0. The highest BCUT2D eigenvalue weighted by molar-refractivity contribution is 6.30. The molecular formula is C15H14ClNO3. The van der Waals surface area contributed by atoms with Crippen molar-refractivity contribution in [3.05, 3.63) is 58.6 Å². The molecule has 4 nitrogen and oxygen atoms in total. The third-order valence-electron chi connectivity index (χ3n) is 2.78. The standard InChI is InChI=1S/C15H14ClNO3/c1-19-15(18)12-3-2-4-13(14(12)17)20-9-10-5-7-11(16)8-6-10/h2-8H,9,17H2,1H3. The second-order valence-electron chi connectivity index (χ2n) is 4.12. The van der Waals surface area contributed by atoms with Gasteiger partial charge in [0.2, 0.25) is 0 Å². The number of benzene rings is 2.